The van der Waals surface area contributed by atoms with Crippen LogP contribution in [0.25, 0.3) is 5.69 Å². The van der Waals surface area contributed by atoms with E-state index in [0.29, 0.717) is 26.3 Å². The number of allylic oxidation sites excluding steroid dienone is 1. The Labute approximate surface area is 153 Å². The lowest BCUT2D eigenvalue weighted by atomic mass is 10.2. The number of carbonyl (C=O) groups is 1. The minimum absolute atomic E-state index is 0.0809. The molecule has 1 aromatic carbocycles. The van der Waals surface area contributed by atoms with Crippen LogP contribution in [-0.2, 0) is 9.53 Å². The second-order valence-electron chi connectivity index (χ2n) is 6.18. The molecule has 1 aromatic heterocycles. The maximum absolute atomic E-state index is 12.4. The smallest absolute Gasteiger partial charge is 0.249 e. The summed E-state index contributed by atoms with van der Waals surface area (Å²) in [6, 6.07) is 7.61. The first-order chi connectivity index (χ1) is 12.7. The Balaban J connectivity index is 1.53. The summed E-state index contributed by atoms with van der Waals surface area (Å²) < 4.78 is 13.3. The van der Waals surface area contributed by atoms with Crippen LogP contribution in [0.15, 0.2) is 48.6 Å². The molecule has 7 heteroatoms. The molecule has 2 aromatic rings. The van der Waals surface area contributed by atoms with Crippen molar-refractivity contribution in [2.24, 2.45) is 0 Å². The van der Waals surface area contributed by atoms with Gasteiger partial charge in [0.25, 0.3) is 0 Å². The van der Waals surface area contributed by atoms with Crippen molar-refractivity contribution in [3.63, 3.8) is 0 Å². The summed E-state index contributed by atoms with van der Waals surface area (Å²) >= 11 is 0. The number of amides is 1. The summed E-state index contributed by atoms with van der Waals surface area (Å²) in [6.07, 6.45) is 5.83. The minimum atomic E-state index is -0.128. The number of benzene rings is 1. The Morgan fingerprint density at radius 1 is 1.38 bits per heavy atom. The monoisotopic (exact) mass is 356 g/mol. The first-order valence-corrected chi connectivity index (χ1v) is 8.83. The first kappa shape index (κ1) is 18.1. The minimum Gasteiger partial charge on any atom is -0.491 e. The van der Waals surface area contributed by atoms with Crippen molar-refractivity contribution in [3.05, 3.63) is 48.6 Å². The van der Waals surface area contributed by atoms with E-state index in [2.05, 4.69) is 10.1 Å². The number of hydrogen-bond donors (Lipinski definition) is 0. The Kier molecular flexibility index (Phi) is 6.01. The molecule has 0 spiro atoms. The average Bonchev–Trinajstić information content (AvgIpc) is 3.21. The molecular formula is C19H24N4O3. The van der Waals surface area contributed by atoms with Gasteiger partial charge < -0.3 is 14.4 Å². The number of nitrogens with zero attached hydrogens (tertiary/aromatic N) is 4. The number of ether oxygens (including phenoxy) is 2. The number of aromatic nitrogens is 3. The van der Waals surface area contributed by atoms with Gasteiger partial charge in [-0.1, -0.05) is 13.0 Å². The van der Waals surface area contributed by atoms with Crippen molar-refractivity contribution in [1.29, 1.82) is 0 Å². The van der Waals surface area contributed by atoms with Crippen molar-refractivity contribution in [2.75, 3.05) is 26.3 Å². The van der Waals surface area contributed by atoms with Gasteiger partial charge in [-0.25, -0.2) is 9.67 Å². The molecular weight excluding hydrogens is 332 g/mol. The summed E-state index contributed by atoms with van der Waals surface area (Å²) in [7, 11) is 0. The zero-order valence-electron chi connectivity index (χ0n) is 15.2. The van der Waals surface area contributed by atoms with Crippen molar-refractivity contribution < 1.29 is 14.3 Å². The maximum Gasteiger partial charge on any atom is 0.249 e. The van der Waals surface area contributed by atoms with Crippen LogP contribution in [0.4, 0.5) is 0 Å². The summed E-state index contributed by atoms with van der Waals surface area (Å²) in [5.74, 6) is 0.834. The van der Waals surface area contributed by atoms with Gasteiger partial charge in [0.1, 0.15) is 31.1 Å². The van der Waals surface area contributed by atoms with E-state index in [1.54, 1.807) is 11.0 Å². The third-order valence-electron chi connectivity index (χ3n) is 4.23. The molecule has 0 bridgehead atoms. The van der Waals surface area contributed by atoms with Gasteiger partial charge in [-0.05, 0) is 37.6 Å². The molecule has 26 heavy (non-hydrogen) atoms. The molecule has 1 unspecified atom stereocenters. The molecule has 1 aliphatic rings. The van der Waals surface area contributed by atoms with Crippen LogP contribution in [0.3, 0.4) is 0 Å². The predicted octanol–water partition coefficient (Wildman–Crippen LogP) is 2.23. The van der Waals surface area contributed by atoms with Crippen molar-refractivity contribution in [2.45, 2.75) is 26.4 Å². The highest BCUT2D eigenvalue weighted by atomic mass is 16.5. The summed E-state index contributed by atoms with van der Waals surface area (Å²) in [4.78, 5) is 18.2. The van der Waals surface area contributed by atoms with Crippen LogP contribution in [0.1, 0.15) is 20.3 Å². The van der Waals surface area contributed by atoms with Crippen molar-refractivity contribution >= 4 is 5.91 Å². The SMILES string of the molecule is CCC=C(C)C(=O)N1CCOC(COc2ccc(-n3cncn3)cc2)C1. The standard InChI is InChI=1S/C19H24N4O3/c1-3-4-15(2)19(24)22-9-10-25-18(11-22)12-26-17-7-5-16(6-8-17)23-14-20-13-21-23/h4-8,13-14,18H,3,9-12H2,1-2H3. The van der Waals surface area contributed by atoms with E-state index in [4.69, 9.17) is 9.47 Å². The van der Waals surface area contributed by atoms with Crippen molar-refractivity contribution in [1.82, 2.24) is 19.7 Å². The molecule has 7 nitrogen and oxygen atoms in total. The average molecular weight is 356 g/mol. The third-order valence-corrected chi connectivity index (χ3v) is 4.23. The van der Waals surface area contributed by atoms with Gasteiger partial charge in [0.15, 0.2) is 0 Å². The van der Waals surface area contributed by atoms with Crippen LogP contribution in [0, 0.1) is 0 Å². The number of morpholine rings is 1. The van der Waals surface area contributed by atoms with Gasteiger partial charge in [0.2, 0.25) is 5.91 Å². The molecule has 1 atom stereocenters. The molecule has 0 radical (unpaired) electrons. The highest BCUT2D eigenvalue weighted by molar-refractivity contribution is 5.92. The van der Waals surface area contributed by atoms with Crippen LogP contribution in [0.5, 0.6) is 5.75 Å². The van der Waals surface area contributed by atoms with Gasteiger partial charge in [0.05, 0.1) is 18.8 Å². The molecule has 1 amide bonds. The quantitative estimate of drug-likeness (QED) is 0.743. The van der Waals surface area contributed by atoms with Gasteiger partial charge in [0, 0.05) is 12.1 Å². The summed E-state index contributed by atoms with van der Waals surface area (Å²) in [5.41, 5.74) is 1.71. The summed E-state index contributed by atoms with van der Waals surface area (Å²) in [6.45, 7) is 6.00. The van der Waals surface area contributed by atoms with Gasteiger partial charge in [-0.15, -0.1) is 0 Å². The largest absolute Gasteiger partial charge is 0.491 e. The molecule has 2 heterocycles. The van der Waals surface area contributed by atoms with E-state index in [9.17, 15) is 4.79 Å². The lowest BCUT2D eigenvalue weighted by molar-refractivity contribution is -0.135. The van der Waals surface area contributed by atoms with Crippen LogP contribution < -0.4 is 4.74 Å². The molecule has 0 aliphatic carbocycles. The second-order valence-corrected chi connectivity index (χ2v) is 6.18. The lowest BCUT2D eigenvalue weighted by Gasteiger charge is -2.33. The van der Waals surface area contributed by atoms with E-state index >= 15 is 0 Å². The third kappa shape index (κ3) is 4.49. The Morgan fingerprint density at radius 2 is 2.19 bits per heavy atom. The number of hydrogen-bond acceptors (Lipinski definition) is 5. The zero-order chi connectivity index (χ0) is 18.4. The van der Waals surface area contributed by atoms with E-state index in [-0.39, 0.29) is 12.0 Å². The Hall–Kier alpha value is -2.67. The van der Waals surface area contributed by atoms with Crippen LogP contribution in [0.2, 0.25) is 0 Å². The van der Waals surface area contributed by atoms with Crippen molar-refractivity contribution in [3.8, 4) is 11.4 Å². The fourth-order valence-electron chi connectivity index (χ4n) is 2.87. The molecule has 0 N–H and O–H groups in total. The fraction of sp³-hybridized carbons (Fsp3) is 0.421. The van der Waals surface area contributed by atoms with E-state index < -0.39 is 0 Å². The lowest BCUT2D eigenvalue weighted by Crippen LogP contribution is -2.47. The molecule has 1 aliphatic heterocycles. The fourth-order valence-corrected chi connectivity index (χ4v) is 2.87. The van der Waals surface area contributed by atoms with E-state index in [0.717, 1.165) is 23.4 Å². The normalized spacial score (nSPS) is 18.0. The number of rotatable bonds is 6. The molecule has 3 rings (SSSR count). The first-order valence-electron chi connectivity index (χ1n) is 8.83. The summed E-state index contributed by atoms with van der Waals surface area (Å²) in [5, 5.41) is 4.09. The topological polar surface area (TPSA) is 69.5 Å². The molecule has 0 saturated carbocycles. The Bertz CT molecular complexity index is 741. The van der Waals surface area contributed by atoms with Crippen LogP contribution >= 0.6 is 0 Å². The van der Waals surface area contributed by atoms with E-state index in [1.807, 2.05) is 49.1 Å². The number of carbonyl (C=O) groups excluding carboxylic acids is 1. The van der Waals surface area contributed by atoms with Gasteiger partial charge >= 0.3 is 0 Å². The molecule has 1 saturated heterocycles. The predicted molar refractivity (Wildman–Crippen MR) is 97.2 cm³/mol. The Morgan fingerprint density at radius 3 is 2.88 bits per heavy atom. The second kappa shape index (κ2) is 8.62. The highest BCUT2D eigenvalue weighted by Crippen LogP contribution is 2.16. The van der Waals surface area contributed by atoms with Crippen LogP contribution in [-0.4, -0.2) is 58.0 Å². The molecule has 1 fully saturated rings. The van der Waals surface area contributed by atoms with E-state index in [1.165, 1.54) is 6.33 Å². The highest BCUT2D eigenvalue weighted by Gasteiger charge is 2.25. The maximum atomic E-state index is 12.4. The van der Waals surface area contributed by atoms with Gasteiger partial charge in [-0.2, -0.15) is 5.10 Å². The molecule has 138 valence electrons. The van der Waals surface area contributed by atoms with Gasteiger partial charge in [-0.3, -0.25) is 4.79 Å². The zero-order valence-corrected chi connectivity index (χ0v) is 15.2.